The minimum Gasteiger partial charge on any atom is -0.466 e. The second-order valence-electron chi connectivity index (χ2n) is 3.54. The fourth-order valence-corrected chi connectivity index (χ4v) is 1.35. The molecular formula is C13H22O2. The predicted molar refractivity (Wildman–Crippen MR) is 63.7 cm³/mol. The van der Waals surface area contributed by atoms with Gasteiger partial charge in [-0.1, -0.05) is 31.9 Å². The van der Waals surface area contributed by atoms with Crippen LogP contribution in [0.15, 0.2) is 24.3 Å². The Bertz CT molecular complexity index is 217. The van der Waals surface area contributed by atoms with Crippen molar-refractivity contribution in [3.8, 4) is 0 Å². The van der Waals surface area contributed by atoms with E-state index >= 15 is 0 Å². The second kappa shape index (κ2) is 9.50. The zero-order valence-electron chi connectivity index (χ0n) is 9.92. The van der Waals surface area contributed by atoms with E-state index in [4.69, 9.17) is 4.74 Å². The number of unbranched alkanes of at least 4 members (excludes halogenated alkanes) is 3. The molecule has 0 saturated carbocycles. The maximum absolute atomic E-state index is 11.4. The van der Waals surface area contributed by atoms with Crippen molar-refractivity contribution in [3.63, 3.8) is 0 Å². The van der Waals surface area contributed by atoms with Gasteiger partial charge in [-0.05, 0) is 25.7 Å². The monoisotopic (exact) mass is 210 g/mol. The summed E-state index contributed by atoms with van der Waals surface area (Å²) in [5, 5.41) is 0. The van der Waals surface area contributed by atoms with Gasteiger partial charge in [0.2, 0.25) is 0 Å². The fraction of sp³-hybridized carbons (Fsp3) is 0.615. The molecule has 0 aromatic rings. The first-order valence-electron chi connectivity index (χ1n) is 5.64. The zero-order valence-corrected chi connectivity index (χ0v) is 9.92. The third kappa shape index (κ3) is 6.95. The summed E-state index contributed by atoms with van der Waals surface area (Å²) in [5.74, 6) is -0.201. The molecule has 0 aromatic heterocycles. The maximum atomic E-state index is 11.4. The van der Waals surface area contributed by atoms with Crippen molar-refractivity contribution in [1.82, 2.24) is 0 Å². The minimum atomic E-state index is -0.201. The summed E-state index contributed by atoms with van der Waals surface area (Å²) >= 11 is 0. The number of allylic oxidation sites excluding steroid dienone is 2. The van der Waals surface area contributed by atoms with E-state index in [2.05, 4.69) is 13.5 Å². The SMILES string of the molecule is C=CCC/C(=C\CCCCC)C(=O)OC. The molecule has 0 rings (SSSR count). The van der Waals surface area contributed by atoms with Crippen LogP contribution in [0.5, 0.6) is 0 Å². The average Bonchev–Trinajstić information content (AvgIpc) is 2.27. The van der Waals surface area contributed by atoms with E-state index in [1.54, 1.807) is 0 Å². The van der Waals surface area contributed by atoms with E-state index in [-0.39, 0.29) is 5.97 Å². The number of rotatable bonds is 8. The standard InChI is InChI=1S/C13H22O2/c1-4-6-8-9-11-12(10-7-5-2)13(14)15-3/h5,11H,2,4,6-10H2,1,3H3/b12-11+. The third-order valence-electron chi connectivity index (χ3n) is 2.26. The van der Waals surface area contributed by atoms with Gasteiger partial charge in [-0.3, -0.25) is 0 Å². The molecule has 0 unspecified atom stereocenters. The zero-order chi connectivity index (χ0) is 11.5. The molecule has 0 saturated heterocycles. The normalized spacial score (nSPS) is 11.2. The maximum Gasteiger partial charge on any atom is 0.333 e. The summed E-state index contributed by atoms with van der Waals surface area (Å²) in [6.07, 6.45) is 9.92. The van der Waals surface area contributed by atoms with Crippen molar-refractivity contribution >= 4 is 5.97 Å². The lowest BCUT2D eigenvalue weighted by Gasteiger charge is -2.03. The molecule has 0 N–H and O–H groups in total. The summed E-state index contributed by atoms with van der Waals surface area (Å²) in [7, 11) is 1.43. The lowest BCUT2D eigenvalue weighted by atomic mass is 10.1. The van der Waals surface area contributed by atoms with Gasteiger partial charge in [-0.2, -0.15) is 0 Å². The summed E-state index contributed by atoms with van der Waals surface area (Å²) in [6.45, 7) is 5.82. The lowest BCUT2D eigenvalue weighted by Crippen LogP contribution is -2.04. The van der Waals surface area contributed by atoms with Gasteiger partial charge in [0.05, 0.1) is 7.11 Å². The van der Waals surface area contributed by atoms with Gasteiger partial charge in [0.25, 0.3) is 0 Å². The number of esters is 1. The quantitative estimate of drug-likeness (QED) is 0.265. The van der Waals surface area contributed by atoms with Crippen molar-refractivity contribution in [2.24, 2.45) is 0 Å². The van der Waals surface area contributed by atoms with Crippen LogP contribution < -0.4 is 0 Å². The van der Waals surface area contributed by atoms with E-state index in [1.807, 2.05) is 12.2 Å². The van der Waals surface area contributed by atoms with E-state index in [1.165, 1.54) is 20.0 Å². The number of ether oxygens (including phenoxy) is 1. The molecule has 0 aliphatic rings. The first-order valence-corrected chi connectivity index (χ1v) is 5.64. The molecule has 0 fully saturated rings. The van der Waals surface area contributed by atoms with Crippen LogP contribution in [0.25, 0.3) is 0 Å². The average molecular weight is 210 g/mol. The third-order valence-corrected chi connectivity index (χ3v) is 2.26. The summed E-state index contributed by atoms with van der Waals surface area (Å²) in [6, 6.07) is 0. The van der Waals surface area contributed by atoms with Crippen LogP contribution >= 0.6 is 0 Å². The minimum absolute atomic E-state index is 0.201. The highest BCUT2D eigenvalue weighted by atomic mass is 16.5. The molecule has 0 atom stereocenters. The van der Waals surface area contributed by atoms with Crippen molar-refractivity contribution in [1.29, 1.82) is 0 Å². The molecule has 0 amide bonds. The summed E-state index contributed by atoms with van der Waals surface area (Å²) in [5.41, 5.74) is 0.786. The number of carbonyl (C=O) groups excluding carboxylic acids is 1. The number of methoxy groups -OCH3 is 1. The highest BCUT2D eigenvalue weighted by Crippen LogP contribution is 2.11. The van der Waals surface area contributed by atoms with E-state index in [0.717, 1.165) is 31.3 Å². The summed E-state index contributed by atoms with van der Waals surface area (Å²) in [4.78, 5) is 11.4. The molecule has 0 aliphatic carbocycles. The highest BCUT2D eigenvalue weighted by molar-refractivity contribution is 5.88. The van der Waals surface area contributed by atoms with Crippen LogP contribution in [0.3, 0.4) is 0 Å². The first kappa shape index (κ1) is 13.9. The topological polar surface area (TPSA) is 26.3 Å². The van der Waals surface area contributed by atoms with E-state index < -0.39 is 0 Å². The Morgan fingerprint density at radius 3 is 2.60 bits per heavy atom. The molecule has 0 spiro atoms. The molecule has 0 radical (unpaired) electrons. The smallest absolute Gasteiger partial charge is 0.333 e. The van der Waals surface area contributed by atoms with Gasteiger partial charge in [0.15, 0.2) is 0 Å². The predicted octanol–water partition coefficient (Wildman–Crippen LogP) is 3.63. The van der Waals surface area contributed by atoms with Crippen molar-refractivity contribution < 1.29 is 9.53 Å². The van der Waals surface area contributed by atoms with E-state index in [0.29, 0.717) is 0 Å². The van der Waals surface area contributed by atoms with Crippen LogP contribution in [0, 0.1) is 0 Å². The summed E-state index contributed by atoms with van der Waals surface area (Å²) < 4.78 is 4.72. The van der Waals surface area contributed by atoms with Crippen LogP contribution in [0.1, 0.15) is 45.4 Å². The molecule has 2 heteroatoms. The molecule has 0 aliphatic heterocycles. The van der Waals surface area contributed by atoms with Gasteiger partial charge in [0, 0.05) is 5.57 Å². The van der Waals surface area contributed by atoms with Crippen molar-refractivity contribution in [2.45, 2.75) is 45.4 Å². The van der Waals surface area contributed by atoms with E-state index in [9.17, 15) is 4.79 Å². The van der Waals surface area contributed by atoms with Gasteiger partial charge >= 0.3 is 5.97 Å². The Labute approximate surface area is 93.0 Å². The second-order valence-corrected chi connectivity index (χ2v) is 3.54. The van der Waals surface area contributed by atoms with Crippen molar-refractivity contribution in [2.75, 3.05) is 7.11 Å². The number of hydrogen-bond acceptors (Lipinski definition) is 2. The van der Waals surface area contributed by atoms with Crippen LogP contribution in [0.2, 0.25) is 0 Å². The molecular weight excluding hydrogens is 188 g/mol. The Kier molecular flexibility index (Phi) is 8.84. The first-order chi connectivity index (χ1) is 7.26. The Hall–Kier alpha value is -1.05. The van der Waals surface area contributed by atoms with Gasteiger partial charge < -0.3 is 4.74 Å². The van der Waals surface area contributed by atoms with Crippen LogP contribution in [-0.2, 0) is 9.53 Å². The Morgan fingerprint density at radius 1 is 1.33 bits per heavy atom. The number of hydrogen-bond donors (Lipinski definition) is 0. The molecule has 86 valence electrons. The van der Waals surface area contributed by atoms with Gasteiger partial charge in [-0.25, -0.2) is 4.79 Å². The molecule has 0 aromatic carbocycles. The number of carbonyl (C=O) groups is 1. The highest BCUT2D eigenvalue weighted by Gasteiger charge is 2.07. The fourth-order valence-electron chi connectivity index (χ4n) is 1.35. The molecule has 15 heavy (non-hydrogen) atoms. The molecule has 2 nitrogen and oxygen atoms in total. The molecule has 0 heterocycles. The van der Waals surface area contributed by atoms with Gasteiger partial charge in [-0.15, -0.1) is 6.58 Å². The largest absolute Gasteiger partial charge is 0.466 e. The lowest BCUT2D eigenvalue weighted by molar-refractivity contribution is -0.136. The Morgan fingerprint density at radius 2 is 2.07 bits per heavy atom. The van der Waals surface area contributed by atoms with Crippen molar-refractivity contribution in [3.05, 3.63) is 24.3 Å². The van der Waals surface area contributed by atoms with Gasteiger partial charge in [0.1, 0.15) is 0 Å². The molecule has 0 bridgehead atoms. The van der Waals surface area contributed by atoms with Crippen LogP contribution in [0.4, 0.5) is 0 Å². The Balaban J connectivity index is 4.08. The van der Waals surface area contributed by atoms with Crippen LogP contribution in [-0.4, -0.2) is 13.1 Å².